The highest BCUT2D eigenvalue weighted by Gasteiger charge is 2.22. The molecule has 0 amide bonds. The van der Waals surface area contributed by atoms with Gasteiger partial charge >= 0.3 is 0 Å². The molecule has 0 fully saturated rings. The number of thiophene rings is 1. The minimum absolute atomic E-state index is 0.673. The van der Waals surface area contributed by atoms with E-state index < -0.39 is 0 Å². The van der Waals surface area contributed by atoms with Crippen LogP contribution in [-0.4, -0.2) is 19.6 Å². The molecule has 0 bridgehead atoms. The maximum atomic E-state index is 5.40. The van der Waals surface area contributed by atoms with Crippen molar-refractivity contribution in [3.63, 3.8) is 0 Å². The first-order chi connectivity index (χ1) is 30.7. The normalized spacial score (nSPS) is 11.5. The van der Waals surface area contributed by atoms with Crippen LogP contribution in [0, 0.1) is 0 Å². The molecule has 4 aromatic heterocycles. The van der Waals surface area contributed by atoms with Crippen LogP contribution in [0.5, 0.6) is 0 Å². The van der Waals surface area contributed by atoms with Gasteiger partial charge in [-0.3, -0.25) is 0 Å². The highest BCUT2D eigenvalue weighted by Crippen LogP contribution is 2.43. The maximum absolute atomic E-state index is 5.40. The van der Waals surface area contributed by atoms with E-state index in [9.17, 15) is 0 Å². The lowest BCUT2D eigenvalue weighted by Crippen LogP contribution is -1.96. The second-order valence-corrected chi connectivity index (χ2v) is 16.7. The van der Waals surface area contributed by atoms with Crippen molar-refractivity contribution in [3.05, 3.63) is 218 Å². The summed E-state index contributed by atoms with van der Waals surface area (Å²) in [6, 6.07) is 77.2. The monoisotopic (exact) mass is 808 g/mol. The summed E-state index contributed by atoms with van der Waals surface area (Å²) in [5.41, 5.74) is 14.6. The average Bonchev–Trinajstić information content (AvgIpc) is 3.95. The van der Waals surface area contributed by atoms with Gasteiger partial charge in [-0.2, -0.15) is 5.10 Å². The summed E-state index contributed by atoms with van der Waals surface area (Å²) in [5.74, 6) is 0.673. The Morgan fingerprint density at radius 1 is 0.387 bits per heavy atom. The third kappa shape index (κ3) is 6.18. The number of nitrogens with zero attached hydrogens (tertiary/aromatic N) is 4. The fourth-order valence-corrected chi connectivity index (χ4v) is 10.0. The van der Waals surface area contributed by atoms with Crippen molar-refractivity contribution in [1.82, 2.24) is 19.6 Å². The van der Waals surface area contributed by atoms with E-state index in [2.05, 4.69) is 217 Å². The van der Waals surface area contributed by atoms with E-state index in [1.807, 2.05) is 17.4 Å². The van der Waals surface area contributed by atoms with Crippen molar-refractivity contribution in [2.75, 3.05) is 0 Å². The van der Waals surface area contributed by atoms with Crippen LogP contribution in [-0.2, 0) is 0 Å². The summed E-state index contributed by atoms with van der Waals surface area (Å²) in [4.78, 5) is 10.4. The van der Waals surface area contributed by atoms with Crippen LogP contribution in [0.3, 0.4) is 0 Å². The van der Waals surface area contributed by atoms with Gasteiger partial charge in [0.05, 0.1) is 22.6 Å². The SMILES string of the molecule is c1ccc(-c2cc(-c3ccc(-c4cccc5sc6ccccc6c45)cc3)nc(-c3ccc(-c4c(-c5ccccc5)nn5c(-c6ccccc6)cc6ccccc6c45)cc3)n2)cc1. The summed E-state index contributed by atoms with van der Waals surface area (Å²) in [5, 5.41) is 10.3. The van der Waals surface area contributed by atoms with Crippen LogP contribution >= 0.6 is 11.3 Å². The van der Waals surface area contributed by atoms with Crippen LogP contribution in [0.4, 0.5) is 0 Å². The number of benzene rings is 8. The molecule has 0 aliphatic carbocycles. The highest BCUT2D eigenvalue weighted by molar-refractivity contribution is 7.25. The first-order valence-corrected chi connectivity index (χ1v) is 21.7. The molecule has 5 heteroatoms. The Morgan fingerprint density at radius 3 is 1.66 bits per heavy atom. The van der Waals surface area contributed by atoms with Gasteiger partial charge in [-0.1, -0.05) is 194 Å². The summed E-state index contributed by atoms with van der Waals surface area (Å²) in [6.07, 6.45) is 0. The molecule has 0 unspecified atom stereocenters. The van der Waals surface area contributed by atoms with Crippen molar-refractivity contribution in [2.45, 2.75) is 0 Å². The fraction of sp³-hybridized carbons (Fsp3) is 0. The molecule has 4 heterocycles. The zero-order chi connectivity index (χ0) is 41.0. The van der Waals surface area contributed by atoms with Crippen molar-refractivity contribution in [2.24, 2.45) is 0 Å². The summed E-state index contributed by atoms with van der Waals surface area (Å²) >= 11 is 1.85. The summed E-state index contributed by atoms with van der Waals surface area (Å²) in [6.45, 7) is 0. The predicted octanol–water partition coefficient (Wildman–Crippen LogP) is 15.3. The van der Waals surface area contributed by atoms with Crippen molar-refractivity contribution >= 4 is 47.8 Å². The topological polar surface area (TPSA) is 43.1 Å². The van der Waals surface area contributed by atoms with E-state index in [1.54, 1.807) is 0 Å². The Bertz CT molecular complexity index is 3590. The largest absolute Gasteiger partial charge is 0.231 e. The molecular weight excluding hydrogens is 773 g/mol. The Morgan fingerprint density at radius 2 is 0.935 bits per heavy atom. The second-order valence-electron chi connectivity index (χ2n) is 15.6. The number of rotatable bonds is 7. The van der Waals surface area contributed by atoms with Gasteiger partial charge in [0.1, 0.15) is 5.69 Å². The lowest BCUT2D eigenvalue weighted by atomic mass is 9.96. The molecule has 0 atom stereocenters. The van der Waals surface area contributed by atoms with E-state index in [0.29, 0.717) is 5.82 Å². The fourth-order valence-electron chi connectivity index (χ4n) is 8.88. The van der Waals surface area contributed by atoms with Crippen molar-refractivity contribution in [1.29, 1.82) is 0 Å². The molecule has 8 aromatic carbocycles. The number of pyridine rings is 1. The van der Waals surface area contributed by atoms with E-state index >= 15 is 0 Å². The van der Waals surface area contributed by atoms with Gasteiger partial charge in [0, 0.05) is 58.9 Å². The quantitative estimate of drug-likeness (QED) is 0.161. The lowest BCUT2D eigenvalue weighted by molar-refractivity contribution is 0.979. The van der Waals surface area contributed by atoms with Gasteiger partial charge in [-0.05, 0) is 46.3 Å². The minimum Gasteiger partial charge on any atom is -0.231 e. The Balaban J connectivity index is 0.988. The summed E-state index contributed by atoms with van der Waals surface area (Å²) in [7, 11) is 0. The molecule has 4 nitrogen and oxygen atoms in total. The number of fused-ring (bicyclic) bond motifs is 6. The smallest absolute Gasteiger partial charge is 0.160 e. The van der Waals surface area contributed by atoms with Gasteiger partial charge in [0.2, 0.25) is 0 Å². The van der Waals surface area contributed by atoms with Crippen LogP contribution < -0.4 is 0 Å². The molecule has 0 saturated heterocycles. The zero-order valence-electron chi connectivity index (χ0n) is 33.5. The van der Waals surface area contributed by atoms with Gasteiger partial charge in [-0.15, -0.1) is 11.3 Å². The average molecular weight is 809 g/mol. The standard InChI is InChI=1S/C57H36N4S/c1-4-15-38(16-5-1)48-36-49(39-29-27-37(28-30-39)45-24-14-26-52-54(45)47-23-12-13-25-51(47)62-52)59-57(58-48)43-33-31-41(32-34-43)53-55(42-19-8-3-9-20-42)60-61-50(40-17-6-2-7-18-40)35-44-21-10-11-22-46(44)56(53)61/h1-36H. The molecule has 0 spiro atoms. The Hall–Kier alpha value is -7.99. The first-order valence-electron chi connectivity index (χ1n) is 20.9. The Kier molecular flexibility index (Phi) is 8.65. The summed E-state index contributed by atoms with van der Waals surface area (Å²) < 4.78 is 4.74. The van der Waals surface area contributed by atoms with Crippen LogP contribution in [0.25, 0.3) is 115 Å². The van der Waals surface area contributed by atoms with E-state index in [-0.39, 0.29) is 0 Å². The van der Waals surface area contributed by atoms with Gasteiger partial charge < -0.3 is 0 Å². The van der Waals surface area contributed by atoms with E-state index in [4.69, 9.17) is 15.1 Å². The molecule has 0 N–H and O–H groups in total. The molecule has 0 aliphatic heterocycles. The Labute approximate surface area is 362 Å². The molecular formula is C57H36N4S. The van der Waals surface area contributed by atoms with Crippen molar-refractivity contribution < 1.29 is 0 Å². The number of aromatic nitrogens is 4. The molecule has 0 aliphatic rings. The van der Waals surface area contributed by atoms with Crippen LogP contribution in [0.2, 0.25) is 0 Å². The van der Waals surface area contributed by atoms with Crippen LogP contribution in [0.1, 0.15) is 0 Å². The van der Waals surface area contributed by atoms with E-state index in [1.165, 1.54) is 36.7 Å². The third-order valence-corrected chi connectivity index (χ3v) is 13.0. The van der Waals surface area contributed by atoms with Crippen LogP contribution in [0.15, 0.2) is 218 Å². The molecule has 12 rings (SSSR count). The highest BCUT2D eigenvalue weighted by atomic mass is 32.1. The maximum Gasteiger partial charge on any atom is 0.160 e. The molecule has 0 radical (unpaired) electrons. The lowest BCUT2D eigenvalue weighted by Gasteiger charge is -2.12. The molecule has 0 saturated carbocycles. The predicted molar refractivity (Wildman–Crippen MR) is 259 cm³/mol. The van der Waals surface area contributed by atoms with Gasteiger partial charge in [-0.25, -0.2) is 14.5 Å². The molecule has 12 aromatic rings. The van der Waals surface area contributed by atoms with Gasteiger partial charge in [0.25, 0.3) is 0 Å². The van der Waals surface area contributed by atoms with Gasteiger partial charge in [0.15, 0.2) is 5.82 Å². The first kappa shape index (κ1) is 35.9. The molecule has 290 valence electrons. The zero-order valence-corrected chi connectivity index (χ0v) is 34.3. The molecule has 62 heavy (non-hydrogen) atoms. The second kappa shape index (κ2) is 14.9. The van der Waals surface area contributed by atoms with E-state index in [0.717, 1.165) is 72.6 Å². The number of hydrogen-bond donors (Lipinski definition) is 0. The minimum atomic E-state index is 0.673. The third-order valence-electron chi connectivity index (χ3n) is 11.9. The number of hydrogen-bond acceptors (Lipinski definition) is 4. The van der Waals surface area contributed by atoms with Crippen molar-refractivity contribution in [3.8, 4) is 78.7 Å².